The standard InChI is InChI=1S/C18H12Cl4F3NO4/c19-14(20)9-17(21,22)30-13-3-1-2-11(8-13)16(27)29-7-6-28-15-5-4-12(10-26-15)18(23,24)25/h1-5,8-10H,6-7H2. The van der Waals surface area contributed by atoms with Crippen LogP contribution in [0, 0.1) is 0 Å². The van der Waals surface area contributed by atoms with E-state index >= 15 is 0 Å². The minimum absolute atomic E-state index is 0.0407. The molecule has 0 aliphatic rings. The fraction of sp³-hybridized carbons (Fsp3) is 0.222. The van der Waals surface area contributed by atoms with Gasteiger partial charge in [-0.25, -0.2) is 9.78 Å². The molecule has 2 rings (SSSR count). The average Bonchev–Trinajstić information content (AvgIpc) is 2.63. The molecule has 0 aliphatic heterocycles. The van der Waals surface area contributed by atoms with Crippen molar-refractivity contribution in [2.75, 3.05) is 13.2 Å². The minimum atomic E-state index is -4.49. The Hall–Kier alpha value is -1.87. The first-order valence-corrected chi connectivity index (χ1v) is 9.51. The molecule has 0 bridgehead atoms. The number of hydrogen-bond donors (Lipinski definition) is 0. The number of ether oxygens (including phenoxy) is 3. The first-order valence-electron chi connectivity index (χ1n) is 8.00. The lowest BCUT2D eigenvalue weighted by molar-refractivity contribution is -0.137. The summed E-state index contributed by atoms with van der Waals surface area (Å²) >= 11 is 22.8. The molecule has 0 unspecified atom stereocenters. The number of benzene rings is 1. The highest BCUT2D eigenvalue weighted by Gasteiger charge is 2.30. The van der Waals surface area contributed by atoms with Crippen molar-refractivity contribution in [3.63, 3.8) is 0 Å². The molecule has 0 saturated heterocycles. The number of carbonyl (C=O) groups is 1. The molecule has 0 atom stereocenters. The summed E-state index contributed by atoms with van der Waals surface area (Å²) in [4.78, 5) is 15.7. The second-order valence-electron chi connectivity index (χ2n) is 5.49. The molecular formula is C18H12Cl4F3NO4. The van der Waals surface area contributed by atoms with Crippen molar-refractivity contribution in [3.8, 4) is 11.6 Å². The lowest BCUT2D eigenvalue weighted by Gasteiger charge is -2.18. The fourth-order valence-electron chi connectivity index (χ4n) is 2.00. The van der Waals surface area contributed by atoms with Gasteiger partial charge in [0.25, 0.3) is 4.52 Å². The van der Waals surface area contributed by atoms with E-state index in [-0.39, 0.29) is 34.9 Å². The highest BCUT2D eigenvalue weighted by molar-refractivity contribution is 6.57. The van der Waals surface area contributed by atoms with E-state index in [0.29, 0.717) is 6.20 Å². The van der Waals surface area contributed by atoms with Gasteiger partial charge in [0.15, 0.2) is 0 Å². The van der Waals surface area contributed by atoms with Crippen LogP contribution in [0.5, 0.6) is 11.6 Å². The van der Waals surface area contributed by atoms with Crippen LogP contribution in [-0.2, 0) is 10.9 Å². The van der Waals surface area contributed by atoms with Gasteiger partial charge in [0.05, 0.1) is 11.1 Å². The van der Waals surface area contributed by atoms with Crippen molar-refractivity contribution in [1.82, 2.24) is 4.98 Å². The molecule has 0 spiro atoms. The molecule has 1 aromatic heterocycles. The van der Waals surface area contributed by atoms with Gasteiger partial charge in [-0.15, -0.1) is 0 Å². The van der Waals surface area contributed by atoms with Gasteiger partial charge in [0.1, 0.15) is 23.5 Å². The molecular weight excluding hydrogens is 493 g/mol. The van der Waals surface area contributed by atoms with Gasteiger partial charge in [0, 0.05) is 18.3 Å². The Morgan fingerprint density at radius 2 is 1.83 bits per heavy atom. The van der Waals surface area contributed by atoms with E-state index in [2.05, 4.69) is 4.98 Å². The summed E-state index contributed by atoms with van der Waals surface area (Å²) in [7, 11) is 0. The molecule has 0 amide bonds. The smallest absolute Gasteiger partial charge is 0.417 e. The number of pyridine rings is 1. The van der Waals surface area contributed by atoms with E-state index in [1.165, 1.54) is 24.3 Å². The predicted octanol–water partition coefficient (Wildman–Crippen LogP) is 6.17. The van der Waals surface area contributed by atoms with E-state index < -0.39 is 22.2 Å². The first-order chi connectivity index (χ1) is 14.0. The monoisotopic (exact) mass is 503 g/mol. The van der Waals surface area contributed by atoms with Crippen LogP contribution in [0.15, 0.2) is 53.2 Å². The Morgan fingerprint density at radius 1 is 1.10 bits per heavy atom. The number of alkyl halides is 5. The summed E-state index contributed by atoms with van der Waals surface area (Å²) in [6, 6.07) is 7.69. The van der Waals surface area contributed by atoms with Crippen LogP contribution in [0.2, 0.25) is 0 Å². The first kappa shape index (κ1) is 24.4. The number of rotatable bonds is 8. The van der Waals surface area contributed by atoms with Crippen LogP contribution in [0.3, 0.4) is 0 Å². The van der Waals surface area contributed by atoms with Crippen LogP contribution in [0.4, 0.5) is 13.2 Å². The maximum atomic E-state index is 12.5. The summed E-state index contributed by atoms with van der Waals surface area (Å²) in [5.41, 5.74) is -0.768. The summed E-state index contributed by atoms with van der Waals surface area (Å²) < 4.78 is 50.8. The summed E-state index contributed by atoms with van der Waals surface area (Å²) in [6.07, 6.45) is -2.80. The number of nitrogens with zero attached hydrogens (tertiary/aromatic N) is 1. The minimum Gasteiger partial charge on any atom is -0.474 e. The second-order valence-corrected chi connectivity index (χ2v) is 7.82. The molecule has 1 aromatic carbocycles. The highest BCUT2D eigenvalue weighted by Crippen LogP contribution is 2.31. The van der Waals surface area contributed by atoms with E-state index in [0.717, 1.165) is 18.2 Å². The van der Waals surface area contributed by atoms with Gasteiger partial charge in [-0.05, 0) is 24.3 Å². The molecule has 30 heavy (non-hydrogen) atoms. The highest BCUT2D eigenvalue weighted by atomic mass is 35.5. The van der Waals surface area contributed by atoms with Crippen molar-refractivity contribution in [1.29, 1.82) is 0 Å². The molecule has 12 heteroatoms. The number of hydrogen-bond acceptors (Lipinski definition) is 5. The third-order valence-corrected chi connectivity index (χ3v) is 3.82. The van der Waals surface area contributed by atoms with Crippen molar-refractivity contribution in [2.24, 2.45) is 0 Å². The molecule has 0 aliphatic carbocycles. The number of carbonyl (C=O) groups excluding carboxylic acids is 1. The largest absolute Gasteiger partial charge is 0.474 e. The van der Waals surface area contributed by atoms with Gasteiger partial charge < -0.3 is 14.2 Å². The molecule has 2 aromatic rings. The second kappa shape index (κ2) is 10.4. The van der Waals surface area contributed by atoms with Crippen molar-refractivity contribution >= 4 is 52.4 Å². The summed E-state index contributed by atoms with van der Waals surface area (Å²) in [5.74, 6) is -0.600. The average molecular weight is 505 g/mol. The number of aromatic nitrogens is 1. The Morgan fingerprint density at radius 3 is 2.43 bits per heavy atom. The van der Waals surface area contributed by atoms with Crippen molar-refractivity contribution in [2.45, 2.75) is 10.7 Å². The molecule has 0 radical (unpaired) electrons. The normalized spacial score (nSPS) is 11.6. The Balaban J connectivity index is 1.86. The lowest BCUT2D eigenvalue weighted by atomic mass is 10.2. The third-order valence-electron chi connectivity index (χ3n) is 3.23. The van der Waals surface area contributed by atoms with Gasteiger partial charge in [0.2, 0.25) is 5.88 Å². The maximum absolute atomic E-state index is 12.5. The number of halogens is 7. The van der Waals surface area contributed by atoms with Crippen LogP contribution in [0.25, 0.3) is 0 Å². The topological polar surface area (TPSA) is 57.7 Å². The van der Waals surface area contributed by atoms with E-state index in [4.69, 9.17) is 60.6 Å². The van der Waals surface area contributed by atoms with E-state index in [1.54, 1.807) is 0 Å². The Kier molecular flexibility index (Phi) is 8.49. The van der Waals surface area contributed by atoms with E-state index in [9.17, 15) is 18.0 Å². The predicted molar refractivity (Wildman–Crippen MR) is 106 cm³/mol. The van der Waals surface area contributed by atoms with E-state index in [1.807, 2.05) is 0 Å². The van der Waals surface area contributed by atoms with Crippen LogP contribution >= 0.6 is 46.4 Å². The van der Waals surface area contributed by atoms with Gasteiger partial charge >= 0.3 is 12.1 Å². The van der Waals surface area contributed by atoms with Crippen LogP contribution in [0.1, 0.15) is 15.9 Å². The third kappa shape index (κ3) is 8.10. The molecule has 5 nitrogen and oxygen atoms in total. The molecule has 1 heterocycles. The summed E-state index contributed by atoms with van der Waals surface area (Å²) in [5, 5.41) is 0. The number of esters is 1. The van der Waals surface area contributed by atoms with Crippen molar-refractivity contribution < 1.29 is 32.2 Å². The molecule has 0 N–H and O–H groups in total. The zero-order valence-corrected chi connectivity index (χ0v) is 17.8. The fourth-order valence-corrected chi connectivity index (χ4v) is 2.92. The molecule has 0 saturated carbocycles. The van der Waals surface area contributed by atoms with Crippen LogP contribution in [-0.4, -0.2) is 28.7 Å². The van der Waals surface area contributed by atoms with Gasteiger partial charge in [-0.3, -0.25) is 0 Å². The van der Waals surface area contributed by atoms with Gasteiger partial charge in [-0.2, -0.15) is 13.2 Å². The summed E-state index contributed by atoms with van der Waals surface area (Å²) in [6.45, 7) is -0.294. The lowest BCUT2D eigenvalue weighted by Crippen LogP contribution is -2.19. The van der Waals surface area contributed by atoms with Crippen molar-refractivity contribution in [3.05, 3.63) is 64.3 Å². The quantitative estimate of drug-likeness (QED) is 0.244. The van der Waals surface area contributed by atoms with Crippen LogP contribution < -0.4 is 9.47 Å². The molecule has 0 fully saturated rings. The van der Waals surface area contributed by atoms with Gasteiger partial charge in [-0.1, -0.05) is 52.5 Å². The Bertz CT molecular complexity index is 901. The maximum Gasteiger partial charge on any atom is 0.417 e. The zero-order valence-electron chi connectivity index (χ0n) is 14.8. The molecule has 162 valence electrons. The SMILES string of the molecule is O=C(OCCOc1ccc(C(F)(F)F)cn1)c1cccc(OC(Cl)(Cl)C=C(Cl)Cl)c1. The Labute approximate surface area is 189 Å². The zero-order chi connectivity index (χ0) is 22.4.